The van der Waals surface area contributed by atoms with Crippen LogP contribution in [0.3, 0.4) is 0 Å². The van der Waals surface area contributed by atoms with Gasteiger partial charge in [0.2, 0.25) is 0 Å². The number of H-pyrrole nitrogens is 1. The summed E-state index contributed by atoms with van der Waals surface area (Å²) in [6.07, 6.45) is 1.68. The fraction of sp³-hybridized carbons (Fsp3) is 0.286. The molecule has 1 heterocycles. The third-order valence-electron chi connectivity index (χ3n) is 4.56. The maximum absolute atomic E-state index is 12.4. The summed E-state index contributed by atoms with van der Waals surface area (Å²) in [5.41, 5.74) is 16.5. The zero-order valence-electron chi connectivity index (χ0n) is 15.1. The summed E-state index contributed by atoms with van der Waals surface area (Å²) in [6, 6.07) is 16.4. The van der Waals surface area contributed by atoms with Crippen LogP contribution in [0.1, 0.15) is 28.9 Å². The fourth-order valence-corrected chi connectivity index (χ4v) is 2.98. The van der Waals surface area contributed by atoms with Gasteiger partial charge in [0.15, 0.2) is 0 Å². The van der Waals surface area contributed by atoms with Crippen molar-refractivity contribution in [1.29, 1.82) is 0 Å². The summed E-state index contributed by atoms with van der Waals surface area (Å²) in [6.45, 7) is 3.14. The third-order valence-corrected chi connectivity index (χ3v) is 4.56. The van der Waals surface area contributed by atoms with Gasteiger partial charge in [-0.25, -0.2) is 0 Å². The van der Waals surface area contributed by atoms with Crippen LogP contribution >= 0.6 is 0 Å². The number of nitrogens with one attached hydrogen (secondary N) is 2. The molecule has 3 rings (SSSR count). The Morgan fingerprint density at radius 3 is 2.58 bits per heavy atom. The van der Waals surface area contributed by atoms with Gasteiger partial charge < -0.3 is 21.8 Å². The molecule has 0 saturated heterocycles. The van der Waals surface area contributed by atoms with Crippen LogP contribution in [0.25, 0.3) is 22.0 Å². The van der Waals surface area contributed by atoms with Crippen molar-refractivity contribution in [2.24, 2.45) is 11.5 Å². The first kappa shape index (κ1) is 18.2. The summed E-state index contributed by atoms with van der Waals surface area (Å²) in [5.74, 6) is -0.138. The molecule has 0 bridgehead atoms. The number of nitrogens with two attached hydrogens (primary N) is 2. The van der Waals surface area contributed by atoms with E-state index in [4.69, 9.17) is 11.5 Å². The minimum atomic E-state index is -0.138. The molecule has 5 heteroatoms. The van der Waals surface area contributed by atoms with Crippen LogP contribution in [-0.4, -0.2) is 30.0 Å². The lowest BCUT2D eigenvalue weighted by Crippen LogP contribution is -2.37. The Kier molecular flexibility index (Phi) is 5.71. The maximum atomic E-state index is 12.4. The van der Waals surface area contributed by atoms with Crippen molar-refractivity contribution in [1.82, 2.24) is 10.3 Å². The molecular weight excluding hydrogens is 324 g/mol. The number of fused-ring (bicyclic) bond motifs is 1. The van der Waals surface area contributed by atoms with Crippen molar-refractivity contribution in [3.63, 3.8) is 0 Å². The molecule has 5 nitrogen and oxygen atoms in total. The SMILES string of the molecule is Cc1ccc(-c2ccc3cc(C(=O)NC[C@@H](N)CCCN)[nH]c3c2)cc1. The highest BCUT2D eigenvalue weighted by atomic mass is 16.1. The van der Waals surface area contributed by atoms with E-state index in [9.17, 15) is 4.79 Å². The van der Waals surface area contributed by atoms with Gasteiger partial charge in [-0.2, -0.15) is 0 Å². The molecule has 1 atom stereocenters. The number of amides is 1. The number of rotatable bonds is 7. The first-order chi connectivity index (χ1) is 12.6. The lowest BCUT2D eigenvalue weighted by atomic mass is 10.0. The van der Waals surface area contributed by atoms with E-state index in [0.717, 1.165) is 34.9 Å². The van der Waals surface area contributed by atoms with Crippen LogP contribution in [0.15, 0.2) is 48.5 Å². The fourth-order valence-electron chi connectivity index (χ4n) is 2.98. The predicted molar refractivity (Wildman–Crippen MR) is 107 cm³/mol. The van der Waals surface area contributed by atoms with E-state index in [1.54, 1.807) is 0 Å². The molecule has 0 saturated carbocycles. The smallest absolute Gasteiger partial charge is 0.267 e. The van der Waals surface area contributed by atoms with Crippen molar-refractivity contribution >= 4 is 16.8 Å². The summed E-state index contributed by atoms with van der Waals surface area (Å²) < 4.78 is 0. The first-order valence-electron chi connectivity index (χ1n) is 9.00. The Hall–Kier alpha value is -2.63. The Balaban J connectivity index is 1.72. The monoisotopic (exact) mass is 350 g/mol. The minimum absolute atomic E-state index is 0.0694. The second-order valence-corrected chi connectivity index (χ2v) is 6.75. The number of aromatic nitrogens is 1. The van der Waals surface area contributed by atoms with Gasteiger partial charge >= 0.3 is 0 Å². The van der Waals surface area contributed by atoms with Crippen LogP contribution < -0.4 is 16.8 Å². The van der Waals surface area contributed by atoms with Crippen molar-refractivity contribution in [3.05, 3.63) is 59.8 Å². The second-order valence-electron chi connectivity index (χ2n) is 6.75. The molecule has 0 aliphatic rings. The van der Waals surface area contributed by atoms with Gasteiger partial charge in [0, 0.05) is 23.5 Å². The Bertz CT molecular complexity index is 883. The van der Waals surface area contributed by atoms with Gasteiger partial charge in [-0.05, 0) is 49.6 Å². The second kappa shape index (κ2) is 8.17. The average molecular weight is 350 g/mol. The molecule has 3 aromatic rings. The Labute approximate surface area is 153 Å². The number of aromatic amines is 1. The highest BCUT2D eigenvalue weighted by molar-refractivity contribution is 5.98. The highest BCUT2D eigenvalue weighted by Gasteiger charge is 2.11. The highest BCUT2D eigenvalue weighted by Crippen LogP contribution is 2.25. The topological polar surface area (TPSA) is 96.9 Å². The van der Waals surface area contributed by atoms with Crippen molar-refractivity contribution in [3.8, 4) is 11.1 Å². The van der Waals surface area contributed by atoms with E-state index in [2.05, 4.69) is 53.6 Å². The van der Waals surface area contributed by atoms with E-state index in [1.807, 2.05) is 12.1 Å². The van der Waals surface area contributed by atoms with E-state index in [0.29, 0.717) is 18.8 Å². The molecule has 0 aliphatic carbocycles. The van der Waals surface area contributed by atoms with Gasteiger partial charge in [0.25, 0.3) is 5.91 Å². The molecular formula is C21H26N4O. The number of carbonyl (C=O) groups excluding carboxylic acids is 1. The molecule has 136 valence electrons. The first-order valence-corrected chi connectivity index (χ1v) is 9.00. The molecule has 6 N–H and O–H groups in total. The van der Waals surface area contributed by atoms with Gasteiger partial charge in [0.05, 0.1) is 0 Å². The van der Waals surface area contributed by atoms with E-state index < -0.39 is 0 Å². The van der Waals surface area contributed by atoms with Gasteiger partial charge in [-0.15, -0.1) is 0 Å². The summed E-state index contributed by atoms with van der Waals surface area (Å²) >= 11 is 0. The lowest BCUT2D eigenvalue weighted by Gasteiger charge is -2.11. The normalized spacial score (nSPS) is 12.3. The number of hydrogen-bond donors (Lipinski definition) is 4. The molecule has 0 radical (unpaired) electrons. The van der Waals surface area contributed by atoms with Gasteiger partial charge in [0.1, 0.15) is 5.69 Å². The summed E-state index contributed by atoms with van der Waals surface area (Å²) in [7, 11) is 0. The largest absolute Gasteiger partial charge is 0.351 e. The molecule has 0 fully saturated rings. The van der Waals surface area contributed by atoms with Crippen LogP contribution in [0.4, 0.5) is 0 Å². The molecule has 26 heavy (non-hydrogen) atoms. The molecule has 1 amide bonds. The average Bonchev–Trinajstić information content (AvgIpc) is 3.08. The van der Waals surface area contributed by atoms with E-state index >= 15 is 0 Å². The Morgan fingerprint density at radius 1 is 1.12 bits per heavy atom. The summed E-state index contributed by atoms with van der Waals surface area (Å²) in [5, 5.41) is 3.90. The van der Waals surface area contributed by atoms with Crippen LogP contribution in [-0.2, 0) is 0 Å². The van der Waals surface area contributed by atoms with Crippen molar-refractivity contribution in [2.45, 2.75) is 25.8 Å². The number of hydrogen-bond acceptors (Lipinski definition) is 3. The number of aryl methyl sites for hydroxylation is 1. The molecule has 0 aliphatic heterocycles. The third kappa shape index (κ3) is 4.31. The van der Waals surface area contributed by atoms with Crippen molar-refractivity contribution < 1.29 is 4.79 Å². The quantitative estimate of drug-likeness (QED) is 0.527. The van der Waals surface area contributed by atoms with E-state index in [1.165, 1.54) is 5.56 Å². The van der Waals surface area contributed by atoms with Gasteiger partial charge in [-0.3, -0.25) is 4.79 Å². The molecule has 0 unspecified atom stereocenters. The van der Waals surface area contributed by atoms with Crippen LogP contribution in [0.2, 0.25) is 0 Å². The zero-order chi connectivity index (χ0) is 18.5. The minimum Gasteiger partial charge on any atom is -0.351 e. The predicted octanol–water partition coefficient (Wildman–Crippen LogP) is 2.94. The van der Waals surface area contributed by atoms with Crippen LogP contribution in [0.5, 0.6) is 0 Å². The molecule has 1 aromatic heterocycles. The number of carbonyl (C=O) groups is 1. The van der Waals surface area contributed by atoms with Gasteiger partial charge in [-0.1, -0.05) is 42.0 Å². The van der Waals surface area contributed by atoms with Crippen molar-refractivity contribution in [2.75, 3.05) is 13.1 Å². The molecule has 2 aromatic carbocycles. The Morgan fingerprint density at radius 2 is 1.85 bits per heavy atom. The number of benzene rings is 2. The zero-order valence-corrected chi connectivity index (χ0v) is 15.1. The molecule has 0 spiro atoms. The maximum Gasteiger partial charge on any atom is 0.267 e. The lowest BCUT2D eigenvalue weighted by molar-refractivity contribution is 0.0946. The summed E-state index contributed by atoms with van der Waals surface area (Å²) in [4.78, 5) is 15.6. The standard InChI is InChI=1S/C21H26N4O/c1-14-4-6-15(7-5-14)16-8-9-17-12-20(25-19(17)11-16)21(26)24-13-18(23)3-2-10-22/h4-9,11-12,18,25H,2-3,10,13,22-23H2,1H3,(H,24,26)/t18-/m0/s1. The van der Waals surface area contributed by atoms with Crippen LogP contribution in [0, 0.1) is 6.92 Å². The van der Waals surface area contributed by atoms with E-state index in [-0.39, 0.29) is 11.9 Å².